The Bertz CT molecular complexity index is 381. The molecule has 5 heteroatoms. The molecule has 0 fully saturated rings. The van der Waals surface area contributed by atoms with Crippen LogP contribution >= 0.6 is 0 Å². The minimum Gasteiger partial charge on any atom is -0.383 e. The van der Waals surface area contributed by atoms with Gasteiger partial charge in [0.2, 0.25) is 0 Å². The molecule has 1 aromatic heterocycles. The van der Waals surface area contributed by atoms with Crippen molar-refractivity contribution in [1.82, 2.24) is 15.2 Å². The molecule has 0 aromatic carbocycles. The molecule has 0 aliphatic heterocycles. The van der Waals surface area contributed by atoms with Crippen LogP contribution in [0.4, 0.5) is 5.69 Å². The summed E-state index contributed by atoms with van der Waals surface area (Å²) in [5.74, 6) is -0.0575. The number of carbonyl (C=O) groups excluding carboxylic acids is 1. The third-order valence-electron chi connectivity index (χ3n) is 2.75. The zero-order valence-corrected chi connectivity index (χ0v) is 11.4. The summed E-state index contributed by atoms with van der Waals surface area (Å²) in [5, 5.41) is 6.05. The number of pyridine rings is 1. The SMILES string of the molecule is CCNc1cnccc1C(=O)NCCN(C)CC. The Morgan fingerprint density at radius 3 is 2.89 bits per heavy atom. The first kappa shape index (κ1) is 14.4. The zero-order valence-electron chi connectivity index (χ0n) is 11.4. The second-order valence-electron chi connectivity index (χ2n) is 4.10. The molecule has 1 amide bonds. The van der Waals surface area contributed by atoms with Gasteiger partial charge in [-0.15, -0.1) is 0 Å². The lowest BCUT2D eigenvalue weighted by Crippen LogP contribution is -2.33. The first-order valence-corrected chi connectivity index (χ1v) is 6.33. The van der Waals surface area contributed by atoms with Crippen molar-refractivity contribution in [3.63, 3.8) is 0 Å². The highest BCUT2D eigenvalue weighted by Gasteiger charge is 2.10. The second kappa shape index (κ2) is 7.66. The van der Waals surface area contributed by atoms with Crippen molar-refractivity contribution in [2.75, 3.05) is 38.5 Å². The smallest absolute Gasteiger partial charge is 0.253 e. The highest BCUT2D eigenvalue weighted by Crippen LogP contribution is 2.12. The molecule has 100 valence electrons. The Hall–Kier alpha value is -1.62. The van der Waals surface area contributed by atoms with Crippen LogP contribution < -0.4 is 10.6 Å². The minimum atomic E-state index is -0.0575. The van der Waals surface area contributed by atoms with Crippen LogP contribution in [0, 0.1) is 0 Å². The molecule has 0 spiro atoms. The highest BCUT2D eigenvalue weighted by molar-refractivity contribution is 5.99. The van der Waals surface area contributed by atoms with Gasteiger partial charge in [-0.25, -0.2) is 0 Å². The fourth-order valence-electron chi connectivity index (χ4n) is 1.54. The first-order chi connectivity index (χ1) is 8.69. The van der Waals surface area contributed by atoms with Gasteiger partial charge in [0.25, 0.3) is 5.91 Å². The number of rotatable bonds is 7. The van der Waals surface area contributed by atoms with E-state index in [1.807, 2.05) is 14.0 Å². The minimum absolute atomic E-state index is 0.0575. The number of nitrogens with zero attached hydrogens (tertiary/aromatic N) is 2. The van der Waals surface area contributed by atoms with Crippen LogP contribution in [0.1, 0.15) is 24.2 Å². The summed E-state index contributed by atoms with van der Waals surface area (Å²) in [7, 11) is 2.03. The first-order valence-electron chi connectivity index (χ1n) is 6.33. The summed E-state index contributed by atoms with van der Waals surface area (Å²) in [6.07, 6.45) is 3.31. The number of carbonyl (C=O) groups is 1. The van der Waals surface area contributed by atoms with Gasteiger partial charge in [-0.05, 0) is 26.6 Å². The molecule has 0 saturated carbocycles. The maximum absolute atomic E-state index is 12.0. The van der Waals surface area contributed by atoms with E-state index >= 15 is 0 Å². The standard InChI is InChI=1S/C13H22N4O/c1-4-15-12-10-14-7-6-11(12)13(18)16-8-9-17(3)5-2/h6-7,10,15H,4-5,8-9H2,1-3H3,(H,16,18). The third kappa shape index (κ3) is 4.33. The molecular weight excluding hydrogens is 228 g/mol. The van der Waals surface area contributed by atoms with Gasteiger partial charge in [0.05, 0.1) is 17.4 Å². The molecule has 1 rings (SSSR count). The van der Waals surface area contributed by atoms with Crippen molar-refractivity contribution in [1.29, 1.82) is 0 Å². The molecule has 0 aliphatic rings. The molecular formula is C13H22N4O. The number of hydrogen-bond donors (Lipinski definition) is 2. The zero-order chi connectivity index (χ0) is 13.4. The summed E-state index contributed by atoms with van der Waals surface area (Å²) < 4.78 is 0. The Balaban J connectivity index is 2.55. The molecule has 0 unspecified atom stereocenters. The predicted octanol–water partition coefficient (Wildman–Crippen LogP) is 1.19. The quantitative estimate of drug-likeness (QED) is 0.763. The second-order valence-corrected chi connectivity index (χ2v) is 4.10. The highest BCUT2D eigenvalue weighted by atomic mass is 16.1. The molecule has 2 N–H and O–H groups in total. The normalized spacial score (nSPS) is 10.4. The van der Waals surface area contributed by atoms with Gasteiger partial charge in [0, 0.05) is 25.8 Å². The van der Waals surface area contributed by atoms with Gasteiger partial charge in [0.15, 0.2) is 0 Å². The van der Waals surface area contributed by atoms with Crippen LogP contribution in [-0.2, 0) is 0 Å². The van der Waals surface area contributed by atoms with E-state index in [0.29, 0.717) is 12.1 Å². The predicted molar refractivity (Wildman–Crippen MR) is 73.9 cm³/mol. The molecule has 0 bridgehead atoms. The van der Waals surface area contributed by atoms with Crippen molar-refractivity contribution < 1.29 is 4.79 Å². The van der Waals surface area contributed by atoms with Crippen molar-refractivity contribution >= 4 is 11.6 Å². The molecule has 0 saturated heterocycles. The van der Waals surface area contributed by atoms with Crippen LogP contribution in [0.15, 0.2) is 18.5 Å². The monoisotopic (exact) mass is 250 g/mol. The van der Waals surface area contributed by atoms with Gasteiger partial charge >= 0.3 is 0 Å². The van der Waals surface area contributed by atoms with E-state index in [1.54, 1.807) is 18.5 Å². The lowest BCUT2D eigenvalue weighted by atomic mass is 10.2. The number of amides is 1. The van der Waals surface area contributed by atoms with Crippen molar-refractivity contribution in [2.24, 2.45) is 0 Å². The summed E-state index contributed by atoms with van der Waals surface area (Å²) >= 11 is 0. The van der Waals surface area contributed by atoms with Crippen molar-refractivity contribution in [2.45, 2.75) is 13.8 Å². The Morgan fingerprint density at radius 2 is 2.22 bits per heavy atom. The number of aromatic nitrogens is 1. The molecule has 18 heavy (non-hydrogen) atoms. The Labute approximate surface area is 109 Å². The largest absolute Gasteiger partial charge is 0.383 e. The van der Waals surface area contributed by atoms with Crippen LogP contribution in [0.25, 0.3) is 0 Å². The van der Waals surface area contributed by atoms with Crippen molar-refractivity contribution in [3.8, 4) is 0 Å². The maximum atomic E-state index is 12.0. The van der Waals surface area contributed by atoms with E-state index in [4.69, 9.17) is 0 Å². The van der Waals surface area contributed by atoms with E-state index in [2.05, 4.69) is 27.4 Å². The van der Waals surface area contributed by atoms with Crippen LogP contribution in [0.2, 0.25) is 0 Å². The van der Waals surface area contributed by atoms with Crippen molar-refractivity contribution in [3.05, 3.63) is 24.0 Å². The number of likely N-dealkylation sites (N-methyl/N-ethyl adjacent to an activating group) is 1. The fraction of sp³-hybridized carbons (Fsp3) is 0.538. The summed E-state index contributed by atoms with van der Waals surface area (Å²) in [4.78, 5) is 18.2. The van der Waals surface area contributed by atoms with Gasteiger partial charge in [-0.3, -0.25) is 9.78 Å². The molecule has 1 heterocycles. The Kier molecular flexibility index (Phi) is 6.14. The van der Waals surface area contributed by atoms with E-state index in [0.717, 1.165) is 25.3 Å². The van der Waals surface area contributed by atoms with E-state index in [9.17, 15) is 4.79 Å². The molecule has 0 atom stereocenters. The number of nitrogens with one attached hydrogen (secondary N) is 2. The van der Waals surface area contributed by atoms with E-state index < -0.39 is 0 Å². The summed E-state index contributed by atoms with van der Waals surface area (Å²) in [6, 6.07) is 1.73. The summed E-state index contributed by atoms with van der Waals surface area (Å²) in [5.41, 5.74) is 1.42. The van der Waals surface area contributed by atoms with E-state index in [-0.39, 0.29) is 5.91 Å². The maximum Gasteiger partial charge on any atom is 0.253 e. The van der Waals surface area contributed by atoms with Crippen LogP contribution in [-0.4, -0.2) is 49.0 Å². The fourth-order valence-corrected chi connectivity index (χ4v) is 1.54. The van der Waals surface area contributed by atoms with Gasteiger partial charge in [0.1, 0.15) is 0 Å². The third-order valence-corrected chi connectivity index (χ3v) is 2.75. The van der Waals surface area contributed by atoms with Gasteiger partial charge in [-0.1, -0.05) is 6.92 Å². The lowest BCUT2D eigenvalue weighted by Gasteiger charge is -2.15. The van der Waals surface area contributed by atoms with Crippen LogP contribution in [0.3, 0.4) is 0 Å². The number of anilines is 1. The Morgan fingerprint density at radius 1 is 1.44 bits per heavy atom. The molecule has 0 radical (unpaired) electrons. The molecule has 0 aliphatic carbocycles. The average Bonchev–Trinajstić information content (AvgIpc) is 2.39. The number of hydrogen-bond acceptors (Lipinski definition) is 4. The topological polar surface area (TPSA) is 57.3 Å². The lowest BCUT2D eigenvalue weighted by molar-refractivity contribution is 0.0951. The molecule has 1 aromatic rings. The van der Waals surface area contributed by atoms with Crippen LogP contribution in [0.5, 0.6) is 0 Å². The van der Waals surface area contributed by atoms with Gasteiger partial charge in [-0.2, -0.15) is 0 Å². The van der Waals surface area contributed by atoms with E-state index in [1.165, 1.54) is 0 Å². The average molecular weight is 250 g/mol. The molecule has 5 nitrogen and oxygen atoms in total. The summed E-state index contributed by atoms with van der Waals surface area (Å²) in [6.45, 7) is 7.33. The van der Waals surface area contributed by atoms with Gasteiger partial charge < -0.3 is 15.5 Å².